The van der Waals surface area contributed by atoms with E-state index in [9.17, 15) is 14.4 Å². The fraction of sp³-hybridized carbons (Fsp3) is 0.400. The highest BCUT2D eigenvalue weighted by molar-refractivity contribution is 5.97. The molecule has 0 saturated carbocycles. The Morgan fingerprint density at radius 1 is 1.18 bits per heavy atom. The normalized spacial score (nSPS) is 11.6. The number of methoxy groups -OCH3 is 1. The highest BCUT2D eigenvalue weighted by Crippen LogP contribution is 2.12. The lowest BCUT2D eigenvalue weighted by molar-refractivity contribution is -0.118. The van der Waals surface area contributed by atoms with Gasteiger partial charge in [-0.05, 0) is 36.6 Å². The average molecular weight is 307 g/mol. The molecule has 1 aromatic rings. The molecule has 0 aliphatic rings. The summed E-state index contributed by atoms with van der Waals surface area (Å²) in [4.78, 5) is 34.5. The van der Waals surface area contributed by atoms with Crippen molar-refractivity contribution in [2.45, 2.75) is 26.3 Å². The number of amides is 3. The topological polar surface area (TPSA) is 111 Å². The lowest BCUT2D eigenvalue weighted by atomic mass is 10.0. The summed E-state index contributed by atoms with van der Waals surface area (Å²) in [5.74, 6) is -0.603. The van der Waals surface area contributed by atoms with E-state index in [4.69, 9.17) is 5.73 Å². The summed E-state index contributed by atoms with van der Waals surface area (Å²) in [6, 6.07) is 4.79. The van der Waals surface area contributed by atoms with Gasteiger partial charge in [-0.1, -0.05) is 13.8 Å². The number of carbonyl (C=O) groups is 3. The molecule has 1 atom stereocenters. The summed E-state index contributed by atoms with van der Waals surface area (Å²) in [6.45, 7) is 3.88. The minimum Gasteiger partial charge on any atom is -0.465 e. The SMILES string of the molecule is COC(=O)c1ccc(NC(=O)[C@@H](CC(C)C)NC(N)=O)cc1. The first-order valence-corrected chi connectivity index (χ1v) is 6.88. The van der Waals surface area contributed by atoms with E-state index in [1.54, 1.807) is 24.3 Å². The monoisotopic (exact) mass is 307 g/mol. The molecule has 0 heterocycles. The van der Waals surface area contributed by atoms with E-state index in [0.717, 1.165) is 0 Å². The number of ether oxygens (including phenoxy) is 1. The predicted octanol–water partition coefficient (Wildman–Crippen LogP) is 1.49. The molecule has 4 N–H and O–H groups in total. The third-order valence-corrected chi connectivity index (χ3v) is 2.91. The van der Waals surface area contributed by atoms with Crippen LogP contribution >= 0.6 is 0 Å². The van der Waals surface area contributed by atoms with Crippen LogP contribution in [0, 0.1) is 5.92 Å². The van der Waals surface area contributed by atoms with Crippen LogP contribution in [0.3, 0.4) is 0 Å². The van der Waals surface area contributed by atoms with Crippen molar-refractivity contribution < 1.29 is 19.1 Å². The van der Waals surface area contributed by atoms with E-state index in [-0.39, 0.29) is 11.8 Å². The number of hydrogen-bond donors (Lipinski definition) is 3. The Kier molecular flexibility index (Phi) is 6.37. The van der Waals surface area contributed by atoms with Gasteiger partial charge in [0.15, 0.2) is 0 Å². The highest BCUT2D eigenvalue weighted by Gasteiger charge is 2.21. The first-order chi connectivity index (χ1) is 10.3. The number of anilines is 1. The van der Waals surface area contributed by atoms with Gasteiger partial charge in [0.25, 0.3) is 0 Å². The Morgan fingerprint density at radius 2 is 1.77 bits per heavy atom. The maximum atomic E-state index is 12.2. The van der Waals surface area contributed by atoms with Gasteiger partial charge in [-0.15, -0.1) is 0 Å². The van der Waals surface area contributed by atoms with Gasteiger partial charge in [-0.25, -0.2) is 9.59 Å². The molecule has 3 amide bonds. The van der Waals surface area contributed by atoms with Crippen LogP contribution < -0.4 is 16.4 Å². The number of urea groups is 1. The Bertz CT molecular complexity index is 540. The zero-order valence-electron chi connectivity index (χ0n) is 12.9. The summed E-state index contributed by atoms with van der Waals surface area (Å²) in [6.07, 6.45) is 0.467. The Labute approximate surface area is 129 Å². The second-order valence-electron chi connectivity index (χ2n) is 5.25. The second kappa shape index (κ2) is 8.02. The van der Waals surface area contributed by atoms with Crippen molar-refractivity contribution >= 4 is 23.6 Å². The minimum atomic E-state index is -0.748. The van der Waals surface area contributed by atoms with Gasteiger partial charge in [-0.3, -0.25) is 4.79 Å². The van der Waals surface area contributed by atoms with E-state index in [1.807, 2.05) is 13.8 Å². The van der Waals surface area contributed by atoms with Gasteiger partial charge in [0.1, 0.15) is 6.04 Å². The van der Waals surface area contributed by atoms with Crippen molar-refractivity contribution in [3.63, 3.8) is 0 Å². The smallest absolute Gasteiger partial charge is 0.337 e. The molecule has 1 rings (SSSR count). The maximum absolute atomic E-state index is 12.2. The van der Waals surface area contributed by atoms with E-state index in [2.05, 4.69) is 15.4 Å². The summed E-state index contributed by atoms with van der Waals surface area (Å²) in [5, 5.41) is 5.10. The fourth-order valence-corrected chi connectivity index (χ4v) is 1.91. The first-order valence-electron chi connectivity index (χ1n) is 6.88. The number of benzene rings is 1. The molecule has 0 fully saturated rings. The molecule has 1 aromatic carbocycles. The van der Waals surface area contributed by atoms with Crippen LogP contribution in [-0.4, -0.2) is 31.1 Å². The Morgan fingerprint density at radius 3 is 2.23 bits per heavy atom. The van der Waals surface area contributed by atoms with Crippen molar-refractivity contribution in [1.82, 2.24) is 5.32 Å². The number of hydrogen-bond acceptors (Lipinski definition) is 4. The summed E-state index contributed by atoms with van der Waals surface area (Å²) >= 11 is 0. The van der Waals surface area contributed by atoms with Crippen LogP contribution in [0.15, 0.2) is 24.3 Å². The van der Waals surface area contributed by atoms with Crippen LogP contribution in [0.5, 0.6) is 0 Å². The van der Waals surface area contributed by atoms with Gasteiger partial charge >= 0.3 is 12.0 Å². The molecule has 0 radical (unpaired) electrons. The molecule has 22 heavy (non-hydrogen) atoms. The van der Waals surface area contributed by atoms with Crippen molar-refractivity contribution in [1.29, 1.82) is 0 Å². The van der Waals surface area contributed by atoms with Gasteiger partial charge in [0, 0.05) is 5.69 Å². The Hall–Kier alpha value is -2.57. The summed E-state index contributed by atoms with van der Waals surface area (Å²) in [5.41, 5.74) is 5.98. The second-order valence-corrected chi connectivity index (χ2v) is 5.25. The molecule has 0 bridgehead atoms. The van der Waals surface area contributed by atoms with Gasteiger partial charge in [0.2, 0.25) is 5.91 Å². The van der Waals surface area contributed by atoms with Crippen LogP contribution in [0.25, 0.3) is 0 Å². The van der Waals surface area contributed by atoms with E-state index in [0.29, 0.717) is 17.7 Å². The van der Waals surface area contributed by atoms with Crippen LogP contribution in [0.4, 0.5) is 10.5 Å². The van der Waals surface area contributed by atoms with Gasteiger partial charge in [-0.2, -0.15) is 0 Å². The van der Waals surface area contributed by atoms with Crippen molar-refractivity contribution in [2.75, 3.05) is 12.4 Å². The maximum Gasteiger partial charge on any atom is 0.337 e. The van der Waals surface area contributed by atoms with Gasteiger partial charge < -0.3 is 21.1 Å². The standard InChI is InChI=1S/C15H21N3O4/c1-9(2)8-12(18-15(16)21)13(19)17-11-6-4-10(5-7-11)14(20)22-3/h4-7,9,12H,8H2,1-3H3,(H,17,19)(H3,16,18,21)/t12-/m1/s1. The molecule has 0 aliphatic heterocycles. The molecule has 0 aliphatic carbocycles. The lowest BCUT2D eigenvalue weighted by Crippen LogP contribution is -2.46. The zero-order valence-corrected chi connectivity index (χ0v) is 12.9. The predicted molar refractivity (Wildman–Crippen MR) is 82.4 cm³/mol. The molecule has 0 unspecified atom stereocenters. The molecular weight excluding hydrogens is 286 g/mol. The van der Waals surface area contributed by atoms with Crippen molar-refractivity contribution in [2.24, 2.45) is 11.7 Å². The minimum absolute atomic E-state index is 0.212. The number of nitrogens with one attached hydrogen (secondary N) is 2. The number of primary amides is 1. The molecule has 7 heteroatoms. The van der Waals surface area contributed by atoms with E-state index in [1.165, 1.54) is 7.11 Å². The largest absolute Gasteiger partial charge is 0.465 e. The Balaban J connectivity index is 2.75. The zero-order chi connectivity index (χ0) is 16.7. The molecule has 0 aromatic heterocycles. The van der Waals surface area contributed by atoms with E-state index < -0.39 is 18.0 Å². The average Bonchev–Trinajstić information content (AvgIpc) is 2.45. The van der Waals surface area contributed by atoms with Crippen molar-refractivity contribution in [3.05, 3.63) is 29.8 Å². The molecule has 0 spiro atoms. The molecular formula is C15H21N3O4. The van der Waals surface area contributed by atoms with Crippen LogP contribution in [0.2, 0.25) is 0 Å². The third kappa shape index (κ3) is 5.43. The van der Waals surface area contributed by atoms with Crippen LogP contribution in [-0.2, 0) is 9.53 Å². The highest BCUT2D eigenvalue weighted by atomic mass is 16.5. The fourth-order valence-electron chi connectivity index (χ4n) is 1.91. The lowest BCUT2D eigenvalue weighted by Gasteiger charge is -2.19. The third-order valence-electron chi connectivity index (χ3n) is 2.91. The number of nitrogens with two attached hydrogens (primary N) is 1. The van der Waals surface area contributed by atoms with Gasteiger partial charge in [0.05, 0.1) is 12.7 Å². The van der Waals surface area contributed by atoms with Crippen LogP contribution in [0.1, 0.15) is 30.6 Å². The van der Waals surface area contributed by atoms with Crippen molar-refractivity contribution in [3.8, 4) is 0 Å². The summed E-state index contributed by atoms with van der Waals surface area (Å²) in [7, 11) is 1.30. The molecule has 0 saturated heterocycles. The number of carbonyl (C=O) groups excluding carboxylic acids is 3. The first kappa shape index (κ1) is 17.5. The van der Waals surface area contributed by atoms with E-state index >= 15 is 0 Å². The molecule has 120 valence electrons. The number of esters is 1. The number of rotatable bonds is 6. The molecule has 7 nitrogen and oxygen atoms in total. The quantitative estimate of drug-likeness (QED) is 0.691. The summed E-state index contributed by atoms with van der Waals surface area (Å²) < 4.78 is 4.60.